The summed E-state index contributed by atoms with van der Waals surface area (Å²) in [7, 11) is 0. The van der Waals surface area contributed by atoms with Gasteiger partial charge in [-0.15, -0.1) is 0 Å². The molecule has 2 heterocycles. The Kier molecular flexibility index (Phi) is 4.94. The van der Waals surface area contributed by atoms with Crippen molar-refractivity contribution in [3.8, 4) is 5.82 Å². The highest BCUT2D eigenvalue weighted by Gasteiger charge is 2.12. The van der Waals surface area contributed by atoms with Gasteiger partial charge < -0.3 is 5.32 Å². The van der Waals surface area contributed by atoms with E-state index < -0.39 is 0 Å². The second kappa shape index (κ2) is 6.70. The molecule has 0 atom stereocenters. The highest BCUT2D eigenvalue weighted by molar-refractivity contribution is 5.44. The summed E-state index contributed by atoms with van der Waals surface area (Å²) in [4.78, 5) is 8.85. The van der Waals surface area contributed by atoms with Crippen molar-refractivity contribution in [2.75, 3.05) is 11.9 Å². The van der Waals surface area contributed by atoms with Crippen molar-refractivity contribution >= 4 is 5.82 Å². The average Bonchev–Trinajstić information content (AvgIpc) is 2.77. The largest absolute Gasteiger partial charge is 0.370 e. The zero-order valence-electron chi connectivity index (χ0n) is 13.6. The molecule has 1 N–H and O–H groups in total. The molecular formula is C16H25N5. The van der Waals surface area contributed by atoms with Gasteiger partial charge in [0, 0.05) is 24.4 Å². The number of anilines is 1. The van der Waals surface area contributed by atoms with E-state index in [4.69, 9.17) is 5.10 Å². The molecule has 0 aliphatic heterocycles. The minimum absolute atomic E-state index is 0.584. The molecule has 0 aromatic carbocycles. The number of rotatable bonds is 6. The van der Waals surface area contributed by atoms with Crippen molar-refractivity contribution in [1.29, 1.82) is 0 Å². The van der Waals surface area contributed by atoms with Gasteiger partial charge in [-0.2, -0.15) is 9.78 Å². The van der Waals surface area contributed by atoms with Gasteiger partial charge in [0.2, 0.25) is 0 Å². The zero-order valence-corrected chi connectivity index (χ0v) is 13.6. The minimum Gasteiger partial charge on any atom is -0.370 e. The maximum Gasteiger partial charge on any atom is 0.159 e. The van der Waals surface area contributed by atoms with E-state index in [1.165, 1.54) is 0 Å². The van der Waals surface area contributed by atoms with E-state index >= 15 is 0 Å². The third-order valence-electron chi connectivity index (χ3n) is 3.10. The van der Waals surface area contributed by atoms with E-state index in [0.29, 0.717) is 5.92 Å². The first-order valence-electron chi connectivity index (χ1n) is 7.65. The van der Waals surface area contributed by atoms with Gasteiger partial charge in [0.25, 0.3) is 0 Å². The lowest BCUT2D eigenvalue weighted by molar-refractivity contribution is 0.627. The molecule has 0 bridgehead atoms. The topological polar surface area (TPSA) is 55.6 Å². The number of nitrogens with one attached hydrogen (secondary N) is 1. The van der Waals surface area contributed by atoms with Crippen LogP contribution in [0.1, 0.15) is 44.4 Å². The number of aryl methyl sites for hydroxylation is 2. The van der Waals surface area contributed by atoms with Crippen LogP contribution in [-0.4, -0.2) is 26.3 Å². The summed E-state index contributed by atoms with van der Waals surface area (Å²) in [6, 6.07) is 4.10. The van der Waals surface area contributed by atoms with Crippen molar-refractivity contribution in [2.24, 2.45) is 5.92 Å². The van der Waals surface area contributed by atoms with E-state index in [0.717, 1.165) is 48.2 Å². The molecule has 114 valence electrons. The molecule has 0 spiro atoms. The second-order valence-electron chi connectivity index (χ2n) is 5.87. The van der Waals surface area contributed by atoms with Crippen LogP contribution in [0.2, 0.25) is 0 Å². The van der Waals surface area contributed by atoms with Crippen LogP contribution in [0.4, 0.5) is 5.82 Å². The molecular weight excluding hydrogens is 262 g/mol. The van der Waals surface area contributed by atoms with Gasteiger partial charge >= 0.3 is 0 Å². The lowest BCUT2D eigenvalue weighted by Gasteiger charge is -2.09. The van der Waals surface area contributed by atoms with Crippen molar-refractivity contribution in [1.82, 2.24) is 19.7 Å². The first-order valence-corrected chi connectivity index (χ1v) is 7.65. The third-order valence-corrected chi connectivity index (χ3v) is 3.10. The van der Waals surface area contributed by atoms with E-state index in [-0.39, 0.29) is 0 Å². The fourth-order valence-corrected chi connectivity index (χ4v) is 2.31. The average molecular weight is 287 g/mol. The van der Waals surface area contributed by atoms with Crippen molar-refractivity contribution in [2.45, 2.75) is 47.5 Å². The molecule has 5 nitrogen and oxygen atoms in total. The Morgan fingerprint density at radius 2 is 1.95 bits per heavy atom. The van der Waals surface area contributed by atoms with Crippen LogP contribution in [-0.2, 0) is 6.42 Å². The van der Waals surface area contributed by atoms with Gasteiger partial charge in [-0.25, -0.2) is 9.97 Å². The van der Waals surface area contributed by atoms with Crippen LogP contribution in [0.3, 0.4) is 0 Å². The Bertz CT molecular complexity index is 580. The summed E-state index contributed by atoms with van der Waals surface area (Å²) < 4.78 is 1.90. The molecule has 0 aliphatic carbocycles. The predicted molar refractivity (Wildman–Crippen MR) is 86.0 cm³/mol. The van der Waals surface area contributed by atoms with Gasteiger partial charge in [0.05, 0.1) is 5.69 Å². The Labute approximate surface area is 126 Å². The van der Waals surface area contributed by atoms with Crippen LogP contribution < -0.4 is 5.32 Å². The Balaban J connectivity index is 2.41. The molecule has 2 rings (SSSR count). The van der Waals surface area contributed by atoms with Crippen molar-refractivity contribution in [3.63, 3.8) is 0 Å². The fourth-order valence-electron chi connectivity index (χ4n) is 2.31. The highest BCUT2D eigenvalue weighted by atomic mass is 15.4. The van der Waals surface area contributed by atoms with Gasteiger partial charge in [0.15, 0.2) is 5.82 Å². The van der Waals surface area contributed by atoms with E-state index in [1.54, 1.807) is 0 Å². The van der Waals surface area contributed by atoms with Gasteiger partial charge in [-0.3, -0.25) is 0 Å². The van der Waals surface area contributed by atoms with Crippen LogP contribution >= 0.6 is 0 Å². The fraction of sp³-hybridized carbons (Fsp3) is 0.562. The zero-order chi connectivity index (χ0) is 15.4. The molecule has 0 radical (unpaired) electrons. The Hall–Kier alpha value is -1.91. The molecule has 0 saturated heterocycles. The molecule has 0 amide bonds. The Morgan fingerprint density at radius 3 is 2.57 bits per heavy atom. The molecule has 0 unspecified atom stereocenters. The molecule has 2 aromatic rings. The number of aromatic nitrogens is 4. The smallest absolute Gasteiger partial charge is 0.159 e. The molecule has 0 aliphatic rings. The highest BCUT2D eigenvalue weighted by Crippen LogP contribution is 2.18. The van der Waals surface area contributed by atoms with Crippen LogP contribution in [0.15, 0.2) is 12.1 Å². The summed E-state index contributed by atoms with van der Waals surface area (Å²) >= 11 is 0. The van der Waals surface area contributed by atoms with Crippen LogP contribution in [0, 0.1) is 19.8 Å². The van der Waals surface area contributed by atoms with Crippen LogP contribution in [0.25, 0.3) is 5.82 Å². The summed E-state index contributed by atoms with van der Waals surface area (Å²) in [6.07, 6.45) is 2.05. The number of hydrogen-bond acceptors (Lipinski definition) is 4. The Morgan fingerprint density at radius 1 is 1.19 bits per heavy atom. The van der Waals surface area contributed by atoms with Crippen LogP contribution in [0.5, 0.6) is 0 Å². The summed E-state index contributed by atoms with van der Waals surface area (Å²) in [5.74, 6) is 3.19. The lowest BCUT2D eigenvalue weighted by atomic mass is 10.1. The minimum atomic E-state index is 0.584. The number of nitrogens with zero attached hydrogens (tertiary/aromatic N) is 4. The monoisotopic (exact) mass is 287 g/mol. The van der Waals surface area contributed by atoms with Gasteiger partial charge in [-0.1, -0.05) is 20.8 Å². The van der Waals surface area contributed by atoms with E-state index in [2.05, 4.69) is 42.1 Å². The third kappa shape index (κ3) is 4.03. The van der Waals surface area contributed by atoms with Gasteiger partial charge in [-0.05, 0) is 32.6 Å². The first-order chi connectivity index (χ1) is 9.99. The SMILES string of the molecule is CCCNc1cc(CC(C)C)nn1-c1cc(C)nc(C)n1. The molecule has 2 aromatic heterocycles. The second-order valence-corrected chi connectivity index (χ2v) is 5.87. The maximum absolute atomic E-state index is 4.72. The predicted octanol–water partition coefficient (Wildman–Crippen LogP) is 3.30. The first kappa shape index (κ1) is 15.5. The molecule has 5 heteroatoms. The lowest BCUT2D eigenvalue weighted by Crippen LogP contribution is -2.10. The summed E-state index contributed by atoms with van der Waals surface area (Å²) in [5, 5.41) is 8.15. The molecule has 0 saturated carbocycles. The van der Waals surface area contributed by atoms with E-state index in [1.807, 2.05) is 24.6 Å². The maximum atomic E-state index is 4.72. The van der Waals surface area contributed by atoms with Crippen molar-refractivity contribution in [3.05, 3.63) is 29.3 Å². The quantitative estimate of drug-likeness (QED) is 0.885. The number of hydrogen-bond donors (Lipinski definition) is 1. The normalized spacial score (nSPS) is 11.1. The summed E-state index contributed by atoms with van der Waals surface area (Å²) in [5.41, 5.74) is 2.05. The molecule has 21 heavy (non-hydrogen) atoms. The van der Waals surface area contributed by atoms with Crippen molar-refractivity contribution < 1.29 is 0 Å². The van der Waals surface area contributed by atoms with E-state index in [9.17, 15) is 0 Å². The summed E-state index contributed by atoms with van der Waals surface area (Å²) in [6.45, 7) is 11.4. The molecule has 0 fully saturated rings. The standard InChI is InChI=1S/C16H25N5/c1-6-7-17-15-10-14(8-11(2)3)20-21(15)16-9-12(4)18-13(5)19-16/h9-11,17H,6-8H2,1-5H3. The van der Waals surface area contributed by atoms with Gasteiger partial charge in [0.1, 0.15) is 11.6 Å².